The second-order valence-electron chi connectivity index (χ2n) is 9.07. The average molecular weight is 480 g/mol. The van der Waals surface area contributed by atoms with E-state index in [1.54, 1.807) is 6.20 Å². The number of rotatable bonds is 5. The van der Waals surface area contributed by atoms with Gasteiger partial charge in [-0.1, -0.05) is 5.21 Å². The van der Waals surface area contributed by atoms with E-state index in [2.05, 4.69) is 21.7 Å². The number of nitrogens with one attached hydrogen (secondary N) is 1. The number of amides is 1. The van der Waals surface area contributed by atoms with Gasteiger partial charge in [0.25, 0.3) is 0 Å². The molecule has 3 atom stereocenters. The predicted octanol–water partition coefficient (Wildman–Crippen LogP) is 3.00. The molecule has 3 fully saturated rings. The highest BCUT2D eigenvalue weighted by Crippen LogP contribution is 2.62. The van der Waals surface area contributed by atoms with Crippen molar-refractivity contribution in [3.8, 4) is 17.2 Å². The molecule has 8 nitrogen and oxygen atoms in total. The van der Waals surface area contributed by atoms with Gasteiger partial charge in [0, 0.05) is 42.2 Å². The number of hydrogen-bond donors (Lipinski definition) is 1. The maximum Gasteiger partial charge on any atom is 0.414 e. The molecule has 1 aliphatic carbocycles. The lowest BCUT2D eigenvalue weighted by Crippen LogP contribution is -2.26. The SMILES string of the molecule is N#CC1(c2c(F)cc(-c3ccc(N4C[C@H](Cn5ccnn5)OC4=O)cc3F)cc2F)C2CNCC21. The van der Waals surface area contributed by atoms with Crippen LogP contribution in [0.25, 0.3) is 11.1 Å². The normalized spacial score (nSPS) is 27.0. The summed E-state index contributed by atoms with van der Waals surface area (Å²) in [5, 5.41) is 20.4. The van der Waals surface area contributed by atoms with E-state index in [0.29, 0.717) is 19.6 Å². The number of benzene rings is 2. The molecule has 3 aromatic rings. The first-order valence-corrected chi connectivity index (χ1v) is 11.2. The number of nitrogens with zero attached hydrogens (tertiary/aromatic N) is 5. The predicted molar refractivity (Wildman–Crippen MR) is 117 cm³/mol. The van der Waals surface area contributed by atoms with Crippen LogP contribution in [0.2, 0.25) is 0 Å². The quantitative estimate of drug-likeness (QED) is 0.603. The van der Waals surface area contributed by atoms with Crippen LogP contribution < -0.4 is 10.2 Å². The van der Waals surface area contributed by atoms with Crippen molar-refractivity contribution in [3.63, 3.8) is 0 Å². The molecular formula is C24H19F3N6O2. The summed E-state index contributed by atoms with van der Waals surface area (Å²) in [6.07, 6.45) is 2.02. The van der Waals surface area contributed by atoms with Gasteiger partial charge in [-0.05, 0) is 35.9 Å². The number of nitriles is 1. The summed E-state index contributed by atoms with van der Waals surface area (Å²) >= 11 is 0. The van der Waals surface area contributed by atoms with Crippen LogP contribution in [0.3, 0.4) is 0 Å². The fraction of sp³-hybridized carbons (Fsp3) is 0.333. The number of fused-ring (bicyclic) bond motifs is 1. The summed E-state index contributed by atoms with van der Waals surface area (Å²) in [6.45, 7) is 1.56. The van der Waals surface area contributed by atoms with Gasteiger partial charge in [-0.2, -0.15) is 5.26 Å². The third-order valence-electron chi connectivity index (χ3n) is 7.23. The van der Waals surface area contributed by atoms with Gasteiger partial charge in [-0.25, -0.2) is 22.6 Å². The zero-order valence-corrected chi connectivity index (χ0v) is 18.3. The van der Waals surface area contributed by atoms with Crippen molar-refractivity contribution >= 4 is 11.8 Å². The first-order valence-electron chi connectivity index (χ1n) is 11.2. The van der Waals surface area contributed by atoms with Gasteiger partial charge in [0.1, 0.15) is 23.6 Å². The summed E-state index contributed by atoms with van der Waals surface area (Å²) in [5.41, 5.74) is -1.17. The summed E-state index contributed by atoms with van der Waals surface area (Å²) in [7, 11) is 0. The van der Waals surface area contributed by atoms with E-state index in [9.17, 15) is 10.1 Å². The number of halogens is 3. The summed E-state index contributed by atoms with van der Waals surface area (Å²) in [6, 6.07) is 8.25. The second-order valence-corrected chi connectivity index (χ2v) is 9.07. The number of ether oxygens (including phenoxy) is 1. The molecule has 2 unspecified atom stereocenters. The second kappa shape index (κ2) is 7.81. The summed E-state index contributed by atoms with van der Waals surface area (Å²) < 4.78 is 52.2. The van der Waals surface area contributed by atoms with Gasteiger partial charge in [0.2, 0.25) is 0 Å². The van der Waals surface area contributed by atoms with Gasteiger partial charge >= 0.3 is 6.09 Å². The molecule has 1 N–H and O–H groups in total. The van der Waals surface area contributed by atoms with Gasteiger partial charge in [0.05, 0.1) is 36.5 Å². The van der Waals surface area contributed by atoms with Crippen molar-refractivity contribution in [2.24, 2.45) is 11.8 Å². The fourth-order valence-electron chi connectivity index (χ4n) is 5.53. The van der Waals surface area contributed by atoms with Crippen LogP contribution in [0.5, 0.6) is 0 Å². The number of anilines is 1. The third-order valence-corrected chi connectivity index (χ3v) is 7.23. The molecular weight excluding hydrogens is 461 g/mol. The zero-order valence-electron chi connectivity index (χ0n) is 18.3. The van der Waals surface area contributed by atoms with E-state index >= 15 is 13.2 Å². The van der Waals surface area contributed by atoms with Gasteiger partial charge < -0.3 is 10.1 Å². The largest absolute Gasteiger partial charge is 0.442 e. The Morgan fingerprint density at radius 1 is 1.14 bits per heavy atom. The van der Waals surface area contributed by atoms with Crippen LogP contribution in [0.1, 0.15) is 5.56 Å². The minimum absolute atomic E-state index is 0.0119. The Kier molecular flexibility index (Phi) is 4.82. The molecule has 0 bridgehead atoms. The molecule has 2 saturated heterocycles. The summed E-state index contributed by atoms with van der Waals surface area (Å²) in [5.74, 6) is -2.74. The third kappa shape index (κ3) is 3.28. The topological polar surface area (TPSA) is 96.1 Å². The Bertz CT molecular complexity index is 1340. The Balaban J connectivity index is 1.26. The van der Waals surface area contributed by atoms with E-state index in [1.165, 1.54) is 27.9 Å². The number of hydrogen-bond acceptors (Lipinski definition) is 6. The zero-order chi connectivity index (χ0) is 24.3. The van der Waals surface area contributed by atoms with E-state index in [-0.39, 0.29) is 40.8 Å². The number of piperidine rings is 1. The van der Waals surface area contributed by atoms with Crippen LogP contribution in [0.15, 0.2) is 42.7 Å². The number of cyclic esters (lactones) is 1. The Morgan fingerprint density at radius 3 is 2.51 bits per heavy atom. The first kappa shape index (κ1) is 21.6. The lowest BCUT2D eigenvalue weighted by Gasteiger charge is -2.17. The minimum atomic E-state index is -1.18. The van der Waals surface area contributed by atoms with Crippen molar-refractivity contribution in [2.75, 3.05) is 24.5 Å². The molecule has 1 amide bonds. The maximum absolute atomic E-state index is 15.1. The van der Waals surface area contributed by atoms with Crippen molar-refractivity contribution in [2.45, 2.75) is 18.1 Å². The number of carbonyl (C=O) groups excluding carboxylic acids is 1. The number of carbonyl (C=O) groups is 1. The van der Waals surface area contributed by atoms with Gasteiger partial charge in [0.15, 0.2) is 0 Å². The van der Waals surface area contributed by atoms with Crippen molar-refractivity contribution < 1.29 is 22.7 Å². The summed E-state index contributed by atoms with van der Waals surface area (Å²) in [4.78, 5) is 13.6. The lowest BCUT2D eigenvalue weighted by atomic mass is 9.89. The molecule has 0 radical (unpaired) electrons. The Hall–Kier alpha value is -3.91. The molecule has 2 aromatic carbocycles. The van der Waals surface area contributed by atoms with E-state index < -0.39 is 35.1 Å². The molecule has 3 aliphatic rings. The highest BCUT2D eigenvalue weighted by molar-refractivity contribution is 5.90. The maximum atomic E-state index is 15.1. The first-order chi connectivity index (χ1) is 16.9. The monoisotopic (exact) mass is 480 g/mol. The van der Waals surface area contributed by atoms with Crippen LogP contribution in [-0.4, -0.2) is 46.8 Å². The van der Waals surface area contributed by atoms with Crippen LogP contribution in [0, 0.1) is 40.6 Å². The van der Waals surface area contributed by atoms with Crippen molar-refractivity contribution in [1.29, 1.82) is 5.26 Å². The molecule has 1 aromatic heterocycles. The van der Waals surface area contributed by atoms with Gasteiger partial charge in [-0.15, -0.1) is 5.10 Å². The van der Waals surface area contributed by atoms with Crippen LogP contribution in [0.4, 0.5) is 23.7 Å². The fourth-order valence-corrected chi connectivity index (χ4v) is 5.53. The van der Waals surface area contributed by atoms with E-state index in [0.717, 1.165) is 18.2 Å². The van der Waals surface area contributed by atoms with Crippen LogP contribution in [-0.2, 0) is 16.7 Å². The van der Waals surface area contributed by atoms with Crippen molar-refractivity contribution in [3.05, 3.63) is 65.7 Å². The Labute approximate surface area is 197 Å². The van der Waals surface area contributed by atoms with Crippen LogP contribution >= 0.6 is 0 Å². The molecule has 1 saturated carbocycles. The number of aromatic nitrogens is 3. The standard InChI is InChI=1S/C24H19F3N6O2/c25-19-7-14(33-11-15(35-23(33)34)10-32-4-3-30-31-32)1-2-16(19)13-5-20(26)22(21(27)6-13)24(12-28)17-8-29-9-18(17)24/h1-7,15,17-18,29H,8-11H2/t15-,17?,18?,24?/m0/s1. The molecule has 35 heavy (non-hydrogen) atoms. The Morgan fingerprint density at radius 2 is 1.89 bits per heavy atom. The molecule has 0 spiro atoms. The van der Waals surface area contributed by atoms with E-state index in [4.69, 9.17) is 4.74 Å². The smallest absolute Gasteiger partial charge is 0.414 e. The molecule has 6 rings (SSSR count). The minimum Gasteiger partial charge on any atom is -0.442 e. The average Bonchev–Trinajstić information content (AvgIpc) is 3.36. The molecule has 11 heteroatoms. The van der Waals surface area contributed by atoms with E-state index in [1.807, 2.05) is 0 Å². The highest BCUT2D eigenvalue weighted by atomic mass is 19.1. The molecule has 178 valence electrons. The van der Waals surface area contributed by atoms with Gasteiger partial charge in [-0.3, -0.25) is 4.90 Å². The van der Waals surface area contributed by atoms with Crippen molar-refractivity contribution in [1.82, 2.24) is 20.3 Å². The lowest BCUT2D eigenvalue weighted by molar-refractivity contribution is 0.129. The molecule has 3 heterocycles. The molecule has 2 aliphatic heterocycles. The highest BCUT2D eigenvalue weighted by Gasteiger charge is 2.69.